The second kappa shape index (κ2) is 6.11. The number of nitrogen functional groups attached to an aromatic ring is 1. The first-order valence-corrected chi connectivity index (χ1v) is 6.04. The molecule has 19 heavy (non-hydrogen) atoms. The molecule has 2 aromatic rings. The van der Waals surface area contributed by atoms with Crippen molar-refractivity contribution in [2.45, 2.75) is 6.42 Å². The second-order valence-electron chi connectivity index (χ2n) is 4.13. The minimum absolute atomic E-state index is 0.0840. The Bertz CT molecular complexity index is 555. The summed E-state index contributed by atoms with van der Waals surface area (Å²) in [5.74, 6) is 1.97. The molecule has 100 valence electrons. The number of para-hydroxylation sites is 1. The number of hydrogen-bond acceptors (Lipinski definition) is 4. The molecule has 0 bridgehead atoms. The minimum atomic E-state index is 0.0840. The summed E-state index contributed by atoms with van der Waals surface area (Å²) < 4.78 is 11.0. The molecule has 4 nitrogen and oxygen atoms in total. The van der Waals surface area contributed by atoms with Crippen molar-refractivity contribution in [2.75, 3.05) is 19.5 Å². The van der Waals surface area contributed by atoms with Crippen molar-refractivity contribution in [3.63, 3.8) is 0 Å². The van der Waals surface area contributed by atoms with Crippen molar-refractivity contribution in [1.82, 2.24) is 0 Å². The third-order valence-electron chi connectivity index (χ3n) is 2.72. The highest BCUT2D eigenvalue weighted by atomic mass is 16.5. The smallest absolute Gasteiger partial charge is 0.133 e. The lowest BCUT2D eigenvalue weighted by Crippen LogP contribution is -1.96. The van der Waals surface area contributed by atoms with Gasteiger partial charge in [-0.05, 0) is 18.1 Å². The Morgan fingerprint density at radius 2 is 1.84 bits per heavy atom. The molecule has 0 aliphatic rings. The average Bonchev–Trinajstić information content (AvgIpc) is 2.40. The number of methoxy groups -OCH3 is 1. The first kappa shape index (κ1) is 13.2. The molecule has 0 aliphatic carbocycles. The molecular weight excluding hydrogens is 242 g/mol. The van der Waals surface area contributed by atoms with Crippen molar-refractivity contribution in [3.8, 4) is 17.2 Å². The van der Waals surface area contributed by atoms with Gasteiger partial charge in [-0.25, -0.2) is 0 Å². The molecule has 0 spiro atoms. The number of anilines is 1. The zero-order chi connectivity index (χ0) is 13.7. The van der Waals surface area contributed by atoms with E-state index in [1.165, 1.54) is 0 Å². The predicted molar refractivity (Wildman–Crippen MR) is 74.7 cm³/mol. The maximum Gasteiger partial charge on any atom is 0.133 e. The molecule has 2 rings (SSSR count). The van der Waals surface area contributed by atoms with Crippen molar-refractivity contribution in [1.29, 1.82) is 0 Å². The average molecular weight is 259 g/mol. The van der Waals surface area contributed by atoms with Crippen LogP contribution < -0.4 is 15.2 Å². The molecule has 0 saturated heterocycles. The summed E-state index contributed by atoms with van der Waals surface area (Å²) in [5.41, 5.74) is 7.31. The van der Waals surface area contributed by atoms with E-state index in [9.17, 15) is 0 Å². The fourth-order valence-corrected chi connectivity index (χ4v) is 1.83. The van der Waals surface area contributed by atoms with Gasteiger partial charge in [-0.2, -0.15) is 0 Å². The molecule has 0 radical (unpaired) electrons. The van der Waals surface area contributed by atoms with Gasteiger partial charge in [0.2, 0.25) is 0 Å². The largest absolute Gasteiger partial charge is 0.497 e. The van der Waals surface area contributed by atoms with Gasteiger partial charge >= 0.3 is 0 Å². The zero-order valence-electron chi connectivity index (χ0n) is 10.8. The Morgan fingerprint density at radius 3 is 2.58 bits per heavy atom. The number of nitrogens with two attached hydrogens (primary N) is 1. The van der Waals surface area contributed by atoms with Crippen molar-refractivity contribution >= 4 is 5.69 Å². The van der Waals surface area contributed by atoms with Crippen LogP contribution in [0.4, 0.5) is 5.69 Å². The van der Waals surface area contributed by atoms with Crippen LogP contribution in [0.2, 0.25) is 0 Å². The molecule has 3 N–H and O–H groups in total. The number of hydrogen-bond donors (Lipinski definition) is 2. The van der Waals surface area contributed by atoms with Gasteiger partial charge in [-0.15, -0.1) is 0 Å². The Kier molecular flexibility index (Phi) is 4.26. The highest BCUT2D eigenvalue weighted by Gasteiger charge is 2.06. The molecular formula is C15H17NO3. The summed E-state index contributed by atoms with van der Waals surface area (Å²) in [7, 11) is 1.58. The van der Waals surface area contributed by atoms with Crippen LogP contribution in [0, 0.1) is 0 Å². The monoisotopic (exact) mass is 259 g/mol. The van der Waals surface area contributed by atoms with Gasteiger partial charge in [0.05, 0.1) is 7.11 Å². The highest BCUT2D eigenvalue weighted by Crippen LogP contribution is 2.30. The third kappa shape index (κ3) is 3.39. The fraction of sp³-hybridized carbons (Fsp3) is 0.200. The van der Waals surface area contributed by atoms with E-state index in [0.29, 0.717) is 29.4 Å². The summed E-state index contributed by atoms with van der Waals surface area (Å²) >= 11 is 0. The zero-order valence-corrected chi connectivity index (χ0v) is 10.8. The SMILES string of the molecule is COc1cc(N)cc(Oc2ccccc2CCO)c1. The summed E-state index contributed by atoms with van der Waals surface area (Å²) in [4.78, 5) is 0. The quantitative estimate of drug-likeness (QED) is 0.810. The molecule has 0 aliphatic heterocycles. The molecule has 0 heterocycles. The fourth-order valence-electron chi connectivity index (χ4n) is 1.83. The van der Waals surface area contributed by atoms with Crippen LogP contribution in [0.25, 0.3) is 0 Å². The molecule has 4 heteroatoms. The number of aliphatic hydroxyl groups is 1. The van der Waals surface area contributed by atoms with Crippen LogP contribution in [0.3, 0.4) is 0 Å². The van der Waals surface area contributed by atoms with E-state index in [1.807, 2.05) is 24.3 Å². The van der Waals surface area contributed by atoms with Gasteiger partial charge in [0, 0.05) is 30.5 Å². The standard InChI is InChI=1S/C15H17NO3/c1-18-13-8-12(16)9-14(10-13)19-15-5-3-2-4-11(15)6-7-17/h2-5,8-10,17H,6-7,16H2,1H3. The lowest BCUT2D eigenvalue weighted by atomic mass is 10.1. The first-order valence-electron chi connectivity index (χ1n) is 6.04. The van der Waals surface area contributed by atoms with E-state index in [1.54, 1.807) is 25.3 Å². The van der Waals surface area contributed by atoms with E-state index in [0.717, 1.165) is 5.56 Å². The molecule has 0 unspecified atom stereocenters. The van der Waals surface area contributed by atoms with Gasteiger partial charge in [-0.1, -0.05) is 18.2 Å². The van der Waals surface area contributed by atoms with Crippen LogP contribution in [0.15, 0.2) is 42.5 Å². The predicted octanol–water partition coefficient (Wildman–Crippen LogP) is 2.60. The molecule has 0 atom stereocenters. The van der Waals surface area contributed by atoms with Crippen LogP contribution >= 0.6 is 0 Å². The van der Waals surface area contributed by atoms with Crippen LogP contribution in [0.1, 0.15) is 5.56 Å². The lowest BCUT2D eigenvalue weighted by Gasteiger charge is -2.12. The maximum atomic E-state index is 9.04. The second-order valence-corrected chi connectivity index (χ2v) is 4.13. The first-order chi connectivity index (χ1) is 9.22. The van der Waals surface area contributed by atoms with Gasteiger partial charge < -0.3 is 20.3 Å². The number of ether oxygens (including phenoxy) is 2. The summed E-state index contributed by atoms with van der Waals surface area (Å²) in [5, 5.41) is 9.04. The van der Waals surface area contributed by atoms with Gasteiger partial charge in [0.1, 0.15) is 17.2 Å². The Labute approximate surface area is 112 Å². The van der Waals surface area contributed by atoms with E-state index >= 15 is 0 Å². The number of aliphatic hydroxyl groups excluding tert-OH is 1. The number of benzene rings is 2. The molecule has 2 aromatic carbocycles. The molecule has 0 amide bonds. The Balaban J connectivity index is 2.28. The van der Waals surface area contributed by atoms with Crippen molar-refractivity contribution in [2.24, 2.45) is 0 Å². The lowest BCUT2D eigenvalue weighted by molar-refractivity contribution is 0.298. The molecule has 0 saturated carbocycles. The summed E-state index contributed by atoms with van der Waals surface area (Å²) in [6.07, 6.45) is 0.551. The van der Waals surface area contributed by atoms with Gasteiger partial charge in [0.25, 0.3) is 0 Å². The van der Waals surface area contributed by atoms with Gasteiger partial charge in [0.15, 0.2) is 0 Å². The minimum Gasteiger partial charge on any atom is -0.497 e. The van der Waals surface area contributed by atoms with Gasteiger partial charge in [-0.3, -0.25) is 0 Å². The normalized spacial score (nSPS) is 10.2. The molecule has 0 aromatic heterocycles. The topological polar surface area (TPSA) is 64.7 Å². The Morgan fingerprint density at radius 1 is 1.11 bits per heavy atom. The summed E-state index contributed by atoms with van der Waals surface area (Å²) in [6, 6.07) is 12.8. The van der Waals surface area contributed by atoms with E-state index in [2.05, 4.69) is 0 Å². The maximum absolute atomic E-state index is 9.04. The van der Waals surface area contributed by atoms with Crippen LogP contribution in [-0.4, -0.2) is 18.8 Å². The number of rotatable bonds is 5. The Hall–Kier alpha value is -2.20. The van der Waals surface area contributed by atoms with Crippen LogP contribution in [-0.2, 0) is 6.42 Å². The van der Waals surface area contributed by atoms with Crippen LogP contribution in [0.5, 0.6) is 17.2 Å². The molecule has 0 fully saturated rings. The highest BCUT2D eigenvalue weighted by molar-refractivity contribution is 5.51. The van der Waals surface area contributed by atoms with Crippen molar-refractivity contribution in [3.05, 3.63) is 48.0 Å². The van der Waals surface area contributed by atoms with Crippen molar-refractivity contribution < 1.29 is 14.6 Å². The van der Waals surface area contributed by atoms with E-state index < -0.39 is 0 Å². The van der Waals surface area contributed by atoms with E-state index in [-0.39, 0.29) is 6.61 Å². The summed E-state index contributed by atoms with van der Waals surface area (Å²) in [6.45, 7) is 0.0840. The van der Waals surface area contributed by atoms with E-state index in [4.69, 9.17) is 20.3 Å². The third-order valence-corrected chi connectivity index (χ3v) is 2.72.